The average Bonchev–Trinajstić information content (AvgIpc) is 2.76. The van der Waals surface area contributed by atoms with Gasteiger partial charge >= 0.3 is 0 Å². The zero-order chi connectivity index (χ0) is 16.0. The van der Waals surface area contributed by atoms with Crippen LogP contribution in [0.15, 0.2) is 0 Å². The minimum atomic E-state index is -1.66. The van der Waals surface area contributed by atoms with Gasteiger partial charge in [0.15, 0.2) is 12.6 Å². The van der Waals surface area contributed by atoms with Crippen molar-refractivity contribution in [2.45, 2.75) is 61.4 Å². The van der Waals surface area contributed by atoms with Crippen molar-refractivity contribution in [3.05, 3.63) is 0 Å². The van der Waals surface area contributed by atoms with Gasteiger partial charge in [0.25, 0.3) is 0 Å². The van der Waals surface area contributed by atoms with Gasteiger partial charge in [-0.25, -0.2) is 0 Å². The van der Waals surface area contributed by atoms with Gasteiger partial charge < -0.3 is 49.6 Å². The standard InChI is InChI=1S/C12H20O10/c13-1-3-5(14)10(7(16)11(18)20-3)22-12-8(17)9-6(15)4(21-12)2-19-9/h3-18H,1-2H2/t3-,4-,5+,6?,7-,8-,9+,10+,11?,12-/m1/s1. The molecule has 3 fully saturated rings. The van der Waals surface area contributed by atoms with Crippen LogP contribution in [0.3, 0.4) is 0 Å². The SMILES string of the molecule is OC[C@H]1OC(O)[C@H](O)[C@@H](O[C@H]2O[C@@H]3CO[C@@H](C3O)[C@H]2O)[C@H]1O. The maximum atomic E-state index is 10.1. The monoisotopic (exact) mass is 324 g/mol. The van der Waals surface area contributed by atoms with Crippen molar-refractivity contribution < 1.29 is 49.6 Å². The third-order valence-electron chi connectivity index (χ3n) is 4.23. The highest BCUT2D eigenvalue weighted by Crippen LogP contribution is 2.32. The Labute approximate surface area is 125 Å². The number of fused-ring (bicyclic) bond motifs is 2. The molecule has 2 bridgehead atoms. The van der Waals surface area contributed by atoms with Crippen LogP contribution in [-0.2, 0) is 18.9 Å². The Balaban J connectivity index is 1.71. The van der Waals surface area contributed by atoms with E-state index in [1.807, 2.05) is 0 Å². The van der Waals surface area contributed by atoms with Gasteiger partial charge in [0, 0.05) is 0 Å². The lowest BCUT2D eigenvalue weighted by molar-refractivity contribution is -0.341. The lowest BCUT2D eigenvalue weighted by atomic mass is 9.98. The first-order chi connectivity index (χ1) is 10.4. The van der Waals surface area contributed by atoms with Gasteiger partial charge in [-0.3, -0.25) is 0 Å². The molecule has 10 heteroatoms. The van der Waals surface area contributed by atoms with Crippen LogP contribution in [0.4, 0.5) is 0 Å². The van der Waals surface area contributed by atoms with Crippen LogP contribution in [0.5, 0.6) is 0 Å². The first-order valence-corrected chi connectivity index (χ1v) is 7.03. The smallest absolute Gasteiger partial charge is 0.187 e. The van der Waals surface area contributed by atoms with E-state index in [9.17, 15) is 25.5 Å². The predicted molar refractivity (Wildman–Crippen MR) is 65.3 cm³/mol. The topological polar surface area (TPSA) is 158 Å². The molecule has 0 aromatic heterocycles. The first-order valence-electron chi connectivity index (χ1n) is 7.03. The fraction of sp³-hybridized carbons (Fsp3) is 1.00. The number of ether oxygens (including phenoxy) is 4. The minimum Gasteiger partial charge on any atom is -0.394 e. The molecule has 0 amide bonds. The summed E-state index contributed by atoms with van der Waals surface area (Å²) < 4.78 is 20.8. The van der Waals surface area contributed by atoms with Crippen LogP contribution in [0.25, 0.3) is 0 Å². The van der Waals surface area contributed by atoms with E-state index in [1.165, 1.54) is 0 Å². The van der Waals surface area contributed by atoms with Crippen molar-refractivity contribution in [1.29, 1.82) is 0 Å². The fourth-order valence-electron chi connectivity index (χ4n) is 2.94. The summed E-state index contributed by atoms with van der Waals surface area (Å²) in [5.41, 5.74) is 0. The van der Waals surface area contributed by atoms with Gasteiger partial charge in [0.1, 0.15) is 48.8 Å². The molecule has 3 rings (SSSR count). The Morgan fingerprint density at radius 1 is 0.909 bits per heavy atom. The van der Waals surface area contributed by atoms with E-state index in [-0.39, 0.29) is 6.61 Å². The molecule has 22 heavy (non-hydrogen) atoms. The van der Waals surface area contributed by atoms with Crippen LogP contribution >= 0.6 is 0 Å². The van der Waals surface area contributed by atoms with Crippen LogP contribution in [-0.4, -0.2) is 105 Å². The molecule has 0 aromatic rings. The quantitative estimate of drug-likeness (QED) is 0.299. The van der Waals surface area contributed by atoms with Crippen molar-refractivity contribution >= 4 is 0 Å². The van der Waals surface area contributed by atoms with Crippen molar-refractivity contribution in [2.75, 3.05) is 13.2 Å². The molecule has 0 aliphatic carbocycles. The van der Waals surface area contributed by atoms with Crippen molar-refractivity contribution in [2.24, 2.45) is 0 Å². The van der Waals surface area contributed by atoms with Gasteiger partial charge in [-0.05, 0) is 0 Å². The molecule has 128 valence electrons. The molecule has 10 nitrogen and oxygen atoms in total. The number of hydrogen-bond acceptors (Lipinski definition) is 10. The largest absolute Gasteiger partial charge is 0.394 e. The molecule has 0 aromatic carbocycles. The van der Waals surface area contributed by atoms with Crippen LogP contribution in [0, 0.1) is 0 Å². The van der Waals surface area contributed by atoms with E-state index >= 15 is 0 Å². The summed E-state index contributed by atoms with van der Waals surface area (Å²) in [7, 11) is 0. The Morgan fingerprint density at radius 3 is 2.32 bits per heavy atom. The Hall–Kier alpha value is -0.400. The van der Waals surface area contributed by atoms with Crippen molar-refractivity contribution in [1.82, 2.24) is 0 Å². The second-order valence-corrected chi connectivity index (χ2v) is 5.65. The van der Waals surface area contributed by atoms with E-state index in [4.69, 9.17) is 24.1 Å². The Kier molecular flexibility index (Phi) is 4.67. The third kappa shape index (κ3) is 2.65. The van der Waals surface area contributed by atoms with Gasteiger partial charge in [-0.1, -0.05) is 0 Å². The number of rotatable bonds is 3. The fourth-order valence-corrected chi connectivity index (χ4v) is 2.94. The van der Waals surface area contributed by atoms with Crippen LogP contribution < -0.4 is 0 Å². The molecule has 6 N–H and O–H groups in total. The number of aliphatic hydroxyl groups is 6. The normalized spacial score (nSPS) is 55.4. The highest BCUT2D eigenvalue weighted by Gasteiger charge is 2.53. The molecule has 10 atom stereocenters. The van der Waals surface area contributed by atoms with E-state index in [1.54, 1.807) is 0 Å². The molecule has 3 saturated heterocycles. The molecule has 0 spiro atoms. The van der Waals surface area contributed by atoms with Crippen molar-refractivity contribution in [3.63, 3.8) is 0 Å². The Bertz CT molecular complexity index is 394. The molecular formula is C12H20O10. The molecule has 2 unspecified atom stereocenters. The second-order valence-electron chi connectivity index (χ2n) is 5.65. The van der Waals surface area contributed by atoms with E-state index in [2.05, 4.69) is 0 Å². The maximum absolute atomic E-state index is 10.1. The highest BCUT2D eigenvalue weighted by atomic mass is 16.7. The molecule has 0 radical (unpaired) electrons. The highest BCUT2D eigenvalue weighted by molar-refractivity contribution is 4.97. The van der Waals surface area contributed by atoms with Crippen LogP contribution in [0.2, 0.25) is 0 Å². The Morgan fingerprint density at radius 2 is 1.64 bits per heavy atom. The third-order valence-corrected chi connectivity index (χ3v) is 4.23. The summed E-state index contributed by atoms with van der Waals surface area (Å²) in [6, 6.07) is 0. The summed E-state index contributed by atoms with van der Waals surface area (Å²) >= 11 is 0. The van der Waals surface area contributed by atoms with Gasteiger partial charge in [0.2, 0.25) is 0 Å². The molecular weight excluding hydrogens is 304 g/mol. The van der Waals surface area contributed by atoms with E-state index in [0.717, 1.165) is 0 Å². The zero-order valence-electron chi connectivity index (χ0n) is 11.5. The minimum absolute atomic E-state index is 0.0868. The van der Waals surface area contributed by atoms with Gasteiger partial charge in [-0.2, -0.15) is 0 Å². The van der Waals surface area contributed by atoms with Crippen LogP contribution in [0.1, 0.15) is 0 Å². The second kappa shape index (κ2) is 6.24. The molecule has 3 heterocycles. The zero-order valence-corrected chi connectivity index (χ0v) is 11.5. The van der Waals surface area contributed by atoms with E-state index in [0.29, 0.717) is 0 Å². The lowest BCUT2D eigenvalue weighted by Crippen LogP contribution is -2.63. The molecule has 0 saturated carbocycles. The summed E-state index contributed by atoms with van der Waals surface area (Å²) in [5, 5.41) is 58.4. The summed E-state index contributed by atoms with van der Waals surface area (Å²) in [6.07, 6.45) is -12.4. The predicted octanol–water partition coefficient (Wildman–Crippen LogP) is -4.35. The summed E-state index contributed by atoms with van der Waals surface area (Å²) in [4.78, 5) is 0. The molecule has 3 aliphatic rings. The van der Waals surface area contributed by atoms with E-state index < -0.39 is 68.0 Å². The number of hydrogen-bond donors (Lipinski definition) is 6. The summed E-state index contributed by atoms with van der Waals surface area (Å²) in [5.74, 6) is 0. The maximum Gasteiger partial charge on any atom is 0.187 e. The molecule has 3 aliphatic heterocycles. The number of aliphatic hydroxyl groups excluding tert-OH is 6. The van der Waals surface area contributed by atoms with Crippen molar-refractivity contribution in [3.8, 4) is 0 Å². The first kappa shape index (κ1) is 16.5. The lowest BCUT2D eigenvalue weighted by Gasteiger charge is -2.43. The van der Waals surface area contributed by atoms with Gasteiger partial charge in [0.05, 0.1) is 13.2 Å². The van der Waals surface area contributed by atoms with Gasteiger partial charge in [-0.15, -0.1) is 0 Å². The average molecular weight is 324 g/mol. The summed E-state index contributed by atoms with van der Waals surface area (Å²) in [6.45, 7) is -0.504.